The average Bonchev–Trinajstić information content (AvgIpc) is 2.59. The second-order valence-corrected chi connectivity index (χ2v) is 6.08. The number of para-hydroxylation sites is 1. The van der Waals surface area contributed by atoms with Crippen molar-refractivity contribution in [3.8, 4) is 0 Å². The van der Waals surface area contributed by atoms with Gasteiger partial charge in [-0.2, -0.15) is 0 Å². The summed E-state index contributed by atoms with van der Waals surface area (Å²) < 4.78 is 0. The molecule has 0 saturated carbocycles. The van der Waals surface area contributed by atoms with E-state index in [4.69, 9.17) is 0 Å². The van der Waals surface area contributed by atoms with Gasteiger partial charge < -0.3 is 20.4 Å². The Kier molecular flexibility index (Phi) is 7.90. The number of rotatable bonds is 8. The summed E-state index contributed by atoms with van der Waals surface area (Å²) in [5.74, 6) is 0. The molecular formula is C18H30N4O. The average molecular weight is 318 g/mol. The van der Waals surface area contributed by atoms with Crippen molar-refractivity contribution in [2.24, 2.45) is 0 Å². The molecule has 0 bridgehead atoms. The smallest absolute Gasteiger partial charge is 0.319 e. The molecule has 1 aliphatic rings. The summed E-state index contributed by atoms with van der Waals surface area (Å²) in [6, 6.07) is 9.42. The number of likely N-dealkylation sites (N-methyl/N-ethyl adjacent to an activating group) is 1. The molecule has 1 fully saturated rings. The summed E-state index contributed by atoms with van der Waals surface area (Å²) in [5, 5.41) is 5.74. The monoisotopic (exact) mass is 318 g/mol. The van der Waals surface area contributed by atoms with Crippen molar-refractivity contribution in [1.82, 2.24) is 15.1 Å². The van der Waals surface area contributed by atoms with Gasteiger partial charge >= 0.3 is 6.03 Å². The molecule has 1 aromatic carbocycles. The fourth-order valence-electron chi connectivity index (χ4n) is 2.87. The second kappa shape index (κ2) is 10.2. The third-order valence-electron chi connectivity index (χ3n) is 4.38. The molecule has 0 unspecified atom stereocenters. The van der Waals surface area contributed by atoms with E-state index < -0.39 is 0 Å². The first-order chi connectivity index (χ1) is 11.3. The maximum absolute atomic E-state index is 11.7. The Morgan fingerprint density at radius 1 is 1.00 bits per heavy atom. The number of nitrogens with one attached hydrogen (secondary N) is 2. The highest BCUT2D eigenvalue weighted by atomic mass is 16.2. The number of nitrogens with zero attached hydrogens (tertiary/aromatic N) is 2. The molecule has 23 heavy (non-hydrogen) atoms. The number of anilines is 1. The SMILES string of the molecule is CCN1CCN(CCCCCNC(=O)Nc2ccccc2)CC1. The number of amides is 2. The number of urea groups is 1. The minimum atomic E-state index is -0.119. The summed E-state index contributed by atoms with van der Waals surface area (Å²) in [6.07, 6.45) is 3.42. The lowest BCUT2D eigenvalue weighted by atomic mass is 10.2. The van der Waals surface area contributed by atoms with Gasteiger partial charge in [0.15, 0.2) is 0 Å². The fraction of sp³-hybridized carbons (Fsp3) is 0.611. The van der Waals surface area contributed by atoms with Crippen molar-refractivity contribution in [2.45, 2.75) is 26.2 Å². The zero-order chi connectivity index (χ0) is 16.3. The summed E-state index contributed by atoms with van der Waals surface area (Å²) in [7, 11) is 0. The number of unbranched alkanes of at least 4 members (excludes halogenated alkanes) is 2. The van der Waals surface area contributed by atoms with Gasteiger partial charge in [0.05, 0.1) is 0 Å². The normalized spacial score (nSPS) is 16.2. The number of hydrogen-bond acceptors (Lipinski definition) is 3. The van der Waals surface area contributed by atoms with Crippen LogP contribution >= 0.6 is 0 Å². The van der Waals surface area contributed by atoms with Gasteiger partial charge in [0, 0.05) is 38.4 Å². The van der Waals surface area contributed by atoms with E-state index in [1.807, 2.05) is 30.3 Å². The van der Waals surface area contributed by atoms with Gasteiger partial charge in [-0.15, -0.1) is 0 Å². The van der Waals surface area contributed by atoms with Crippen molar-refractivity contribution in [2.75, 3.05) is 51.1 Å². The van der Waals surface area contributed by atoms with E-state index in [2.05, 4.69) is 27.4 Å². The molecule has 2 N–H and O–H groups in total. The molecule has 128 valence electrons. The van der Waals surface area contributed by atoms with E-state index in [1.54, 1.807) is 0 Å². The highest BCUT2D eigenvalue weighted by Crippen LogP contribution is 2.05. The molecule has 2 rings (SSSR count). The molecule has 0 aromatic heterocycles. The predicted molar refractivity (Wildman–Crippen MR) is 95.9 cm³/mol. The molecule has 1 heterocycles. The van der Waals surface area contributed by atoms with Gasteiger partial charge in [0.2, 0.25) is 0 Å². The predicted octanol–water partition coefficient (Wildman–Crippen LogP) is 2.62. The van der Waals surface area contributed by atoms with Crippen molar-refractivity contribution in [1.29, 1.82) is 0 Å². The topological polar surface area (TPSA) is 47.6 Å². The number of hydrogen-bond donors (Lipinski definition) is 2. The molecule has 0 atom stereocenters. The zero-order valence-corrected chi connectivity index (χ0v) is 14.3. The van der Waals surface area contributed by atoms with Gasteiger partial charge in [-0.25, -0.2) is 4.79 Å². The Bertz CT molecular complexity index is 444. The van der Waals surface area contributed by atoms with Gasteiger partial charge in [0.1, 0.15) is 0 Å². The third-order valence-corrected chi connectivity index (χ3v) is 4.38. The van der Waals surface area contributed by atoms with E-state index in [0.717, 1.165) is 18.7 Å². The van der Waals surface area contributed by atoms with Gasteiger partial charge in [-0.05, 0) is 38.1 Å². The lowest BCUT2D eigenvalue weighted by Gasteiger charge is -2.33. The third kappa shape index (κ3) is 7.01. The standard InChI is InChI=1S/C18H30N4O/c1-2-21-13-15-22(16-14-21)12-8-4-7-11-19-18(23)20-17-9-5-3-6-10-17/h3,5-6,9-10H,2,4,7-8,11-16H2,1H3,(H2,19,20,23). The summed E-state index contributed by atoms with van der Waals surface area (Å²) in [6.45, 7) is 10.1. The van der Waals surface area contributed by atoms with Crippen LogP contribution in [0.3, 0.4) is 0 Å². The molecule has 5 heteroatoms. The molecule has 5 nitrogen and oxygen atoms in total. The van der Waals surface area contributed by atoms with Crippen LogP contribution in [-0.2, 0) is 0 Å². The summed E-state index contributed by atoms with van der Waals surface area (Å²) in [5.41, 5.74) is 0.830. The van der Waals surface area contributed by atoms with Crippen LogP contribution in [-0.4, -0.2) is 61.6 Å². The number of carbonyl (C=O) groups excluding carboxylic acids is 1. The molecule has 1 saturated heterocycles. The first kappa shape index (κ1) is 17.8. The molecule has 1 aliphatic heterocycles. The van der Waals surface area contributed by atoms with Crippen LogP contribution < -0.4 is 10.6 Å². The van der Waals surface area contributed by atoms with Crippen molar-refractivity contribution in [3.05, 3.63) is 30.3 Å². The van der Waals surface area contributed by atoms with E-state index in [9.17, 15) is 4.79 Å². The lowest BCUT2D eigenvalue weighted by molar-refractivity contribution is 0.135. The molecular weight excluding hydrogens is 288 g/mol. The minimum absolute atomic E-state index is 0.119. The molecule has 1 aromatic rings. The first-order valence-corrected chi connectivity index (χ1v) is 8.82. The van der Waals surface area contributed by atoms with E-state index in [1.165, 1.54) is 52.1 Å². The highest BCUT2D eigenvalue weighted by Gasteiger charge is 2.14. The molecule has 0 radical (unpaired) electrons. The molecule has 0 aliphatic carbocycles. The highest BCUT2D eigenvalue weighted by molar-refractivity contribution is 5.89. The van der Waals surface area contributed by atoms with E-state index >= 15 is 0 Å². The van der Waals surface area contributed by atoms with Crippen LogP contribution in [0.25, 0.3) is 0 Å². The van der Waals surface area contributed by atoms with Crippen LogP contribution in [0.4, 0.5) is 10.5 Å². The van der Waals surface area contributed by atoms with Crippen molar-refractivity contribution >= 4 is 11.7 Å². The first-order valence-electron chi connectivity index (χ1n) is 8.82. The quantitative estimate of drug-likeness (QED) is 0.724. The maximum Gasteiger partial charge on any atom is 0.319 e. The van der Waals surface area contributed by atoms with E-state index in [0.29, 0.717) is 0 Å². The molecule has 2 amide bonds. The fourth-order valence-corrected chi connectivity index (χ4v) is 2.87. The maximum atomic E-state index is 11.7. The van der Waals surface area contributed by atoms with Crippen molar-refractivity contribution in [3.63, 3.8) is 0 Å². The van der Waals surface area contributed by atoms with Crippen LogP contribution in [0, 0.1) is 0 Å². The van der Waals surface area contributed by atoms with Gasteiger partial charge in [-0.1, -0.05) is 31.5 Å². The van der Waals surface area contributed by atoms with Crippen LogP contribution in [0.2, 0.25) is 0 Å². The number of piperazine rings is 1. The molecule has 0 spiro atoms. The minimum Gasteiger partial charge on any atom is -0.338 e. The zero-order valence-electron chi connectivity index (χ0n) is 14.3. The van der Waals surface area contributed by atoms with E-state index in [-0.39, 0.29) is 6.03 Å². The van der Waals surface area contributed by atoms with Crippen LogP contribution in [0.5, 0.6) is 0 Å². The second-order valence-electron chi connectivity index (χ2n) is 6.08. The number of carbonyl (C=O) groups is 1. The van der Waals surface area contributed by atoms with Crippen molar-refractivity contribution < 1.29 is 4.79 Å². The largest absolute Gasteiger partial charge is 0.338 e. The number of benzene rings is 1. The lowest BCUT2D eigenvalue weighted by Crippen LogP contribution is -2.46. The Balaban J connectivity index is 1.46. The van der Waals surface area contributed by atoms with Gasteiger partial charge in [0.25, 0.3) is 0 Å². The Morgan fingerprint density at radius 3 is 2.39 bits per heavy atom. The summed E-state index contributed by atoms with van der Waals surface area (Å²) >= 11 is 0. The van der Waals surface area contributed by atoms with Crippen LogP contribution in [0.15, 0.2) is 30.3 Å². The summed E-state index contributed by atoms with van der Waals surface area (Å²) in [4.78, 5) is 16.8. The Hall–Kier alpha value is -1.59. The van der Waals surface area contributed by atoms with Crippen LogP contribution in [0.1, 0.15) is 26.2 Å². The Labute approximate surface area is 140 Å². The Morgan fingerprint density at radius 2 is 1.70 bits per heavy atom. The van der Waals surface area contributed by atoms with Gasteiger partial charge in [-0.3, -0.25) is 0 Å².